The first-order valence-electron chi connectivity index (χ1n) is 5.89. The topological polar surface area (TPSA) is 56.5 Å². The fraction of sp³-hybridized carbons (Fsp3) is 1.00. The minimum atomic E-state index is 0.653. The Bertz CT molecular complexity index is 101. The molecule has 0 saturated carbocycles. The Hall–Kier alpha value is -0.160. The fourth-order valence-electron chi connectivity index (χ4n) is 1.27. The Labute approximate surface area is 93.5 Å². The number of unbranched alkanes of at least 4 members (excludes halogenated alkanes) is 3. The van der Waals surface area contributed by atoms with Gasteiger partial charge in [-0.25, -0.2) is 0 Å². The second kappa shape index (κ2) is 13.8. The molecule has 0 aromatic heterocycles. The highest BCUT2D eigenvalue weighted by Crippen LogP contribution is 1.96. The van der Waals surface area contributed by atoms with E-state index >= 15 is 0 Å². The van der Waals surface area contributed by atoms with Gasteiger partial charge in [0, 0.05) is 13.7 Å². The van der Waals surface area contributed by atoms with Gasteiger partial charge >= 0.3 is 0 Å². The molecule has 0 radical (unpaired) electrons. The zero-order chi connectivity index (χ0) is 11.2. The van der Waals surface area contributed by atoms with Gasteiger partial charge in [-0.05, 0) is 32.4 Å². The number of hydrogen-bond donors (Lipinski definition) is 2. The fourth-order valence-corrected chi connectivity index (χ4v) is 1.27. The Balaban J connectivity index is 2.81. The molecule has 0 fully saturated rings. The van der Waals surface area contributed by atoms with E-state index in [4.69, 9.17) is 15.2 Å². The first-order valence-corrected chi connectivity index (χ1v) is 5.89. The molecule has 0 bridgehead atoms. The van der Waals surface area contributed by atoms with E-state index in [1.165, 1.54) is 19.3 Å². The molecule has 15 heavy (non-hydrogen) atoms. The summed E-state index contributed by atoms with van der Waals surface area (Å²) in [6.45, 7) is 4.05. The summed E-state index contributed by atoms with van der Waals surface area (Å²) in [7, 11) is 1.71. The van der Waals surface area contributed by atoms with Crippen molar-refractivity contribution >= 4 is 0 Å². The molecule has 0 aliphatic carbocycles. The highest BCUT2D eigenvalue weighted by molar-refractivity contribution is 4.46. The average molecular weight is 218 g/mol. The van der Waals surface area contributed by atoms with Crippen LogP contribution in [0.4, 0.5) is 0 Å². The van der Waals surface area contributed by atoms with Crippen molar-refractivity contribution in [2.75, 3.05) is 40.1 Å². The van der Waals surface area contributed by atoms with Crippen molar-refractivity contribution < 1.29 is 9.47 Å². The van der Waals surface area contributed by atoms with E-state index in [0.717, 1.165) is 39.1 Å². The lowest BCUT2D eigenvalue weighted by Gasteiger charge is -2.05. The maximum Gasteiger partial charge on any atom is 0.0965 e. The maximum atomic E-state index is 5.40. The van der Waals surface area contributed by atoms with Crippen LogP contribution < -0.4 is 11.1 Å². The third-order valence-electron chi connectivity index (χ3n) is 2.15. The highest BCUT2D eigenvalue weighted by atomic mass is 16.5. The second-order valence-electron chi connectivity index (χ2n) is 3.60. The number of methoxy groups -OCH3 is 1. The van der Waals surface area contributed by atoms with Gasteiger partial charge in [0.2, 0.25) is 0 Å². The summed E-state index contributed by atoms with van der Waals surface area (Å²) in [5.74, 6) is 0. The lowest BCUT2D eigenvalue weighted by molar-refractivity contribution is 0.0908. The van der Waals surface area contributed by atoms with Gasteiger partial charge in [0.25, 0.3) is 0 Å². The summed E-state index contributed by atoms with van der Waals surface area (Å²) in [6.07, 6.45) is 5.82. The molecule has 0 aliphatic heterocycles. The van der Waals surface area contributed by atoms with E-state index in [-0.39, 0.29) is 0 Å². The molecule has 4 nitrogen and oxygen atoms in total. The van der Waals surface area contributed by atoms with Crippen molar-refractivity contribution in [2.45, 2.75) is 32.1 Å². The lowest BCUT2D eigenvalue weighted by Crippen LogP contribution is -2.19. The van der Waals surface area contributed by atoms with Crippen LogP contribution in [0.25, 0.3) is 0 Å². The molecule has 92 valence electrons. The molecular weight excluding hydrogens is 192 g/mol. The second-order valence-corrected chi connectivity index (χ2v) is 3.60. The Morgan fingerprint density at radius 1 is 1.00 bits per heavy atom. The van der Waals surface area contributed by atoms with E-state index in [0.29, 0.717) is 6.73 Å². The summed E-state index contributed by atoms with van der Waals surface area (Å²) in [6, 6.07) is 0. The quantitative estimate of drug-likeness (QED) is 0.380. The van der Waals surface area contributed by atoms with Crippen LogP contribution in [0.15, 0.2) is 0 Å². The van der Waals surface area contributed by atoms with Gasteiger partial charge in [-0.2, -0.15) is 0 Å². The number of ether oxygens (including phenoxy) is 2. The lowest BCUT2D eigenvalue weighted by atomic mass is 10.2. The summed E-state index contributed by atoms with van der Waals surface area (Å²) < 4.78 is 10.3. The summed E-state index contributed by atoms with van der Waals surface area (Å²) in [5.41, 5.74) is 5.40. The first kappa shape index (κ1) is 14.8. The van der Waals surface area contributed by atoms with Crippen LogP contribution in [0.3, 0.4) is 0 Å². The van der Waals surface area contributed by atoms with Gasteiger partial charge in [0.05, 0.1) is 13.3 Å². The zero-order valence-electron chi connectivity index (χ0n) is 9.96. The Morgan fingerprint density at radius 2 is 1.80 bits per heavy atom. The molecule has 0 aromatic carbocycles. The summed E-state index contributed by atoms with van der Waals surface area (Å²) in [4.78, 5) is 0. The predicted octanol–water partition coefficient (Wildman–Crippen LogP) is 1.11. The van der Waals surface area contributed by atoms with Gasteiger partial charge in [-0.1, -0.05) is 12.8 Å². The summed E-state index contributed by atoms with van der Waals surface area (Å²) in [5, 5.41) is 3.24. The minimum absolute atomic E-state index is 0.653. The van der Waals surface area contributed by atoms with Gasteiger partial charge in [0.1, 0.15) is 0 Å². The van der Waals surface area contributed by atoms with Crippen LogP contribution in [-0.2, 0) is 9.47 Å². The molecular formula is C11H26N2O2. The maximum absolute atomic E-state index is 5.40. The molecule has 0 spiro atoms. The largest absolute Gasteiger partial charge is 0.385 e. The van der Waals surface area contributed by atoms with Crippen molar-refractivity contribution in [3.63, 3.8) is 0 Å². The average Bonchev–Trinajstić information content (AvgIpc) is 2.26. The molecule has 0 aromatic rings. The minimum Gasteiger partial charge on any atom is -0.385 e. The standard InChI is InChI=1S/C11H26N2O2/c1-14-9-6-10-15-11-13-8-5-3-2-4-7-12/h13H,2-12H2,1H3. The number of hydrogen-bond acceptors (Lipinski definition) is 4. The molecule has 0 amide bonds. The van der Waals surface area contributed by atoms with Gasteiger partial charge in [0.15, 0.2) is 0 Å². The predicted molar refractivity (Wildman–Crippen MR) is 62.8 cm³/mol. The Morgan fingerprint density at radius 3 is 2.53 bits per heavy atom. The van der Waals surface area contributed by atoms with E-state index in [2.05, 4.69) is 5.32 Å². The van der Waals surface area contributed by atoms with Gasteiger partial charge in [-0.15, -0.1) is 0 Å². The highest BCUT2D eigenvalue weighted by Gasteiger charge is 1.90. The molecule has 0 rings (SSSR count). The first-order chi connectivity index (χ1) is 7.41. The number of nitrogens with one attached hydrogen (secondary N) is 1. The SMILES string of the molecule is COCCCOCNCCCCCCN. The molecule has 0 saturated heterocycles. The molecule has 0 aliphatic rings. The van der Waals surface area contributed by atoms with E-state index < -0.39 is 0 Å². The van der Waals surface area contributed by atoms with Gasteiger partial charge < -0.3 is 15.2 Å². The molecule has 0 atom stereocenters. The summed E-state index contributed by atoms with van der Waals surface area (Å²) >= 11 is 0. The van der Waals surface area contributed by atoms with Crippen LogP contribution in [0, 0.1) is 0 Å². The van der Waals surface area contributed by atoms with Gasteiger partial charge in [-0.3, -0.25) is 5.32 Å². The van der Waals surface area contributed by atoms with E-state index in [9.17, 15) is 0 Å². The van der Waals surface area contributed by atoms with E-state index in [1.807, 2.05) is 0 Å². The van der Waals surface area contributed by atoms with Crippen LogP contribution in [0.2, 0.25) is 0 Å². The zero-order valence-corrected chi connectivity index (χ0v) is 9.96. The molecule has 0 heterocycles. The van der Waals surface area contributed by atoms with Crippen molar-refractivity contribution in [2.24, 2.45) is 5.73 Å². The van der Waals surface area contributed by atoms with Crippen LogP contribution >= 0.6 is 0 Å². The Kier molecular flexibility index (Phi) is 13.7. The van der Waals surface area contributed by atoms with Crippen molar-refractivity contribution in [3.05, 3.63) is 0 Å². The van der Waals surface area contributed by atoms with Crippen molar-refractivity contribution in [1.29, 1.82) is 0 Å². The third kappa shape index (κ3) is 13.8. The van der Waals surface area contributed by atoms with Crippen LogP contribution in [-0.4, -0.2) is 40.1 Å². The monoisotopic (exact) mass is 218 g/mol. The molecule has 0 unspecified atom stereocenters. The molecule has 4 heteroatoms. The number of nitrogens with two attached hydrogens (primary N) is 1. The number of rotatable bonds is 12. The molecule has 3 N–H and O–H groups in total. The smallest absolute Gasteiger partial charge is 0.0965 e. The van der Waals surface area contributed by atoms with Crippen LogP contribution in [0.5, 0.6) is 0 Å². The third-order valence-corrected chi connectivity index (χ3v) is 2.15. The van der Waals surface area contributed by atoms with E-state index in [1.54, 1.807) is 7.11 Å². The van der Waals surface area contributed by atoms with Crippen molar-refractivity contribution in [1.82, 2.24) is 5.32 Å². The van der Waals surface area contributed by atoms with Crippen molar-refractivity contribution in [3.8, 4) is 0 Å². The van der Waals surface area contributed by atoms with Crippen LogP contribution in [0.1, 0.15) is 32.1 Å². The normalized spacial score (nSPS) is 10.8.